The molecule has 0 bridgehead atoms. The van der Waals surface area contributed by atoms with Crippen LogP contribution < -0.4 is 0 Å². The number of ether oxygens (including phenoxy) is 1. The van der Waals surface area contributed by atoms with Crippen LogP contribution in [-0.4, -0.2) is 43.3 Å². The van der Waals surface area contributed by atoms with E-state index in [1.165, 1.54) is 22.2 Å². The van der Waals surface area contributed by atoms with Crippen LogP contribution in [0.2, 0.25) is 25.2 Å². The van der Waals surface area contributed by atoms with Gasteiger partial charge in [0.15, 0.2) is 0 Å². The largest absolute Gasteiger partial charge is 0.483 e. The summed E-state index contributed by atoms with van der Waals surface area (Å²) in [5.41, 5.74) is 1.18. The van der Waals surface area contributed by atoms with Crippen LogP contribution >= 0.6 is 22.6 Å². The van der Waals surface area contributed by atoms with Crippen molar-refractivity contribution in [1.29, 1.82) is 0 Å². The van der Waals surface area contributed by atoms with Gasteiger partial charge in [0.25, 0.3) is 0 Å². The molecule has 2 heterocycles. The molecule has 2 aliphatic rings. The summed E-state index contributed by atoms with van der Waals surface area (Å²) in [5.74, 6) is 3.02. The Balaban J connectivity index is 2.13. The van der Waals surface area contributed by atoms with Crippen LogP contribution in [0.4, 0.5) is 0 Å². The number of hydrogen-bond donors (Lipinski definition) is 0. The van der Waals surface area contributed by atoms with Crippen molar-refractivity contribution in [3.63, 3.8) is 0 Å². The average molecular weight is 434 g/mol. The van der Waals surface area contributed by atoms with Gasteiger partial charge in [0, 0.05) is 18.2 Å². The lowest BCUT2D eigenvalue weighted by atomic mass is 9.90. The van der Waals surface area contributed by atoms with Crippen molar-refractivity contribution >= 4 is 42.3 Å². The Bertz CT molecular complexity index is 462. The van der Waals surface area contributed by atoms with E-state index in [2.05, 4.69) is 56.5 Å². The highest BCUT2D eigenvalue weighted by Crippen LogP contribution is 2.43. The zero-order valence-electron chi connectivity index (χ0n) is 14.9. The number of aliphatic imine (C=N–C) groups is 2. The Morgan fingerprint density at radius 3 is 2.41 bits per heavy atom. The normalized spacial score (nSPS) is 34.5. The van der Waals surface area contributed by atoms with Crippen molar-refractivity contribution in [2.24, 2.45) is 27.7 Å². The van der Waals surface area contributed by atoms with Gasteiger partial charge >= 0.3 is 0 Å². The van der Waals surface area contributed by atoms with Crippen molar-refractivity contribution < 1.29 is 4.74 Å². The van der Waals surface area contributed by atoms with Crippen LogP contribution in [0, 0.1) is 17.8 Å². The van der Waals surface area contributed by atoms with Gasteiger partial charge in [-0.3, -0.25) is 4.99 Å². The second-order valence-corrected chi connectivity index (χ2v) is 14.2. The lowest BCUT2D eigenvalue weighted by molar-refractivity contribution is 0.342. The van der Waals surface area contributed by atoms with Gasteiger partial charge in [-0.15, -0.1) is 0 Å². The van der Waals surface area contributed by atoms with Gasteiger partial charge < -0.3 is 4.74 Å². The third-order valence-electron chi connectivity index (χ3n) is 5.20. The molecule has 0 aromatic rings. The van der Waals surface area contributed by atoms with Gasteiger partial charge in [0.2, 0.25) is 5.90 Å². The maximum Gasteiger partial charge on any atom is 0.209 e. The molecule has 0 N–H and O–H groups in total. The summed E-state index contributed by atoms with van der Waals surface area (Å²) in [6.45, 7) is 11.6. The fourth-order valence-corrected chi connectivity index (χ4v) is 9.85. The van der Waals surface area contributed by atoms with Crippen molar-refractivity contribution in [2.45, 2.75) is 64.5 Å². The van der Waals surface area contributed by atoms with Crippen LogP contribution in [0.25, 0.3) is 0 Å². The second kappa shape index (κ2) is 7.32. The molecule has 0 aromatic carbocycles. The molecular weight excluding hydrogens is 403 g/mol. The minimum absolute atomic E-state index is 0.151. The van der Waals surface area contributed by atoms with E-state index in [1.807, 2.05) is 0 Å². The van der Waals surface area contributed by atoms with Crippen LogP contribution in [0.5, 0.6) is 0 Å². The molecule has 0 radical (unpaired) electrons. The molecule has 2 aliphatic heterocycles. The highest BCUT2D eigenvalue weighted by molar-refractivity contribution is 14.1. The van der Waals surface area contributed by atoms with E-state index >= 15 is 0 Å². The van der Waals surface area contributed by atoms with E-state index in [1.54, 1.807) is 7.11 Å². The molecule has 1 fully saturated rings. The summed E-state index contributed by atoms with van der Waals surface area (Å²) in [6, 6.07) is 3.26. The minimum Gasteiger partial charge on any atom is -0.483 e. The van der Waals surface area contributed by atoms with E-state index < -0.39 is 8.07 Å². The maximum atomic E-state index is 5.62. The predicted molar refractivity (Wildman–Crippen MR) is 108 cm³/mol. The van der Waals surface area contributed by atoms with E-state index in [0.717, 1.165) is 24.2 Å². The van der Waals surface area contributed by atoms with Crippen molar-refractivity contribution in [3.05, 3.63) is 0 Å². The van der Waals surface area contributed by atoms with Crippen LogP contribution in [0.3, 0.4) is 0 Å². The van der Waals surface area contributed by atoms with E-state index in [4.69, 9.17) is 14.7 Å². The third-order valence-corrected chi connectivity index (χ3v) is 9.59. The Labute approximate surface area is 150 Å². The molecule has 126 valence electrons. The molecule has 4 atom stereocenters. The molecule has 0 amide bonds. The van der Waals surface area contributed by atoms with Gasteiger partial charge in [-0.1, -0.05) is 61.6 Å². The molecule has 1 saturated heterocycles. The fourth-order valence-electron chi connectivity index (χ4n) is 4.25. The zero-order chi connectivity index (χ0) is 16.5. The summed E-state index contributed by atoms with van der Waals surface area (Å²) in [7, 11) is 0.766. The van der Waals surface area contributed by atoms with Crippen molar-refractivity contribution in [1.82, 2.24) is 0 Å². The Morgan fingerprint density at radius 2 is 1.86 bits per heavy atom. The van der Waals surface area contributed by atoms with Gasteiger partial charge in [-0.25, -0.2) is 4.99 Å². The quantitative estimate of drug-likeness (QED) is 0.360. The zero-order valence-corrected chi connectivity index (χ0v) is 18.1. The standard InChI is InChI=1S/C17H31IN2OSi/c1-11(2)16-12(3)19-15(17(20-16)21-4)7-13-9-22(5,6)10-14(13)8-18/h11,13-16H,7-10H2,1-6H3/t13-,14-,15?,16-/m1/s1. The Kier molecular flexibility index (Phi) is 6.13. The lowest BCUT2D eigenvalue weighted by Gasteiger charge is -2.29. The first-order chi connectivity index (χ1) is 10.3. The number of nitrogens with zero attached hydrogens (tertiary/aromatic N) is 2. The van der Waals surface area contributed by atoms with Gasteiger partial charge in [-0.2, -0.15) is 0 Å². The van der Waals surface area contributed by atoms with Crippen molar-refractivity contribution in [2.75, 3.05) is 11.5 Å². The van der Waals surface area contributed by atoms with E-state index in [0.29, 0.717) is 5.92 Å². The minimum atomic E-state index is -0.986. The second-order valence-electron chi connectivity index (χ2n) is 8.13. The first kappa shape index (κ1) is 18.4. The van der Waals surface area contributed by atoms with Crippen LogP contribution in [-0.2, 0) is 4.74 Å². The highest BCUT2D eigenvalue weighted by Gasteiger charge is 2.42. The summed E-state index contributed by atoms with van der Waals surface area (Å²) >= 11 is 2.57. The topological polar surface area (TPSA) is 34.0 Å². The smallest absolute Gasteiger partial charge is 0.209 e. The average Bonchev–Trinajstić information content (AvgIpc) is 2.72. The third kappa shape index (κ3) is 4.13. The first-order valence-electron chi connectivity index (χ1n) is 8.49. The first-order valence-corrected chi connectivity index (χ1v) is 13.4. The van der Waals surface area contributed by atoms with Crippen molar-refractivity contribution in [3.8, 4) is 0 Å². The van der Waals surface area contributed by atoms with Gasteiger partial charge in [0.05, 0.1) is 13.2 Å². The number of rotatable bonds is 4. The summed E-state index contributed by atoms with van der Waals surface area (Å²) < 4.78 is 6.90. The molecule has 3 nitrogen and oxygen atoms in total. The van der Waals surface area contributed by atoms with Crippen LogP contribution in [0.1, 0.15) is 27.2 Å². The lowest BCUT2D eigenvalue weighted by Crippen LogP contribution is -2.36. The van der Waals surface area contributed by atoms with Gasteiger partial charge in [-0.05, 0) is 31.1 Å². The van der Waals surface area contributed by atoms with Crippen LogP contribution in [0.15, 0.2) is 9.98 Å². The molecule has 0 spiro atoms. The molecule has 1 unspecified atom stereocenters. The number of halogens is 1. The Hall–Kier alpha value is 0.0869. The SMILES string of the molecule is COC1=N[C@H](C(C)C)C(C)=NC1C[C@@H]1C[Si](C)(C)C[C@H]1CI. The van der Waals surface area contributed by atoms with E-state index in [9.17, 15) is 0 Å². The number of alkyl halides is 1. The molecule has 0 aromatic heterocycles. The fraction of sp³-hybridized carbons (Fsp3) is 0.882. The molecule has 5 heteroatoms. The monoisotopic (exact) mass is 434 g/mol. The molecule has 0 saturated carbocycles. The maximum absolute atomic E-state index is 5.62. The number of hydrogen-bond acceptors (Lipinski definition) is 3. The predicted octanol–water partition coefficient (Wildman–Crippen LogP) is 4.68. The van der Waals surface area contributed by atoms with E-state index in [-0.39, 0.29) is 12.1 Å². The molecule has 0 aliphatic carbocycles. The molecule has 22 heavy (non-hydrogen) atoms. The number of methoxy groups -OCH3 is 1. The summed E-state index contributed by atoms with van der Waals surface area (Å²) in [5, 5.41) is 0. The van der Waals surface area contributed by atoms with Gasteiger partial charge in [0.1, 0.15) is 6.04 Å². The summed E-state index contributed by atoms with van der Waals surface area (Å²) in [4.78, 5) is 9.86. The molecular formula is C17H31IN2OSi. The Morgan fingerprint density at radius 1 is 1.23 bits per heavy atom. The highest BCUT2D eigenvalue weighted by atomic mass is 127. The molecule has 2 rings (SSSR count). The summed E-state index contributed by atoms with van der Waals surface area (Å²) in [6.07, 6.45) is 1.12.